The second-order valence-electron chi connectivity index (χ2n) is 4.29. The molecular weight excluding hydrogens is 232 g/mol. The van der Waals surface area contributed by atoms with Crippen LogP contribution in [0.1, 0.15) is 11.7 Å². The summed E-state index contributed by atoms with van der Waals surface area (Å²) in [5, 5.41) is 9.40. The van der Waals surface area contributed by atoms with Gasteiger partial charge in [-0.05, 0) is 23.3 Å². The zero-order valence-electron chi connectivity index (χ0n) is 10.7. The smallest absolute Gasteiger partial charge is 0.161 e. The fourth-order valence-electron chi connectivity index (χ4n) is 2.22. The van der Waals surface area contributed by atoms with Crippen LogP contribution in [-0.4, -0.2) is 32.5 Å². The molecule has 1 aromatic carbocycles. The molecule has 0 aromatic heterocycles. The van der Waals surface area contributed by atoms with Gasteiger partial charge in [0.2, 0.25) is 0 Å². The molecule has 1 heterocycles. The van der Waals surface area contributed by atoms with Crippen molar-refractivity contribution in [3.05, 3.63) is 35.9 Å². The van der Waals surface area contributed by atoms with Gasteiger partial charge in [0, 0.05) is 5.92 Å². The first kappa shape index (κ1) is 12.9. The van der Waals surface area contributed by atoms with E-state index in [0.29, 0.717) is 18.1 Å². The summed E-state index contributed by atoms with van der Waals surface area (Å²) in [6.07, 6.45) is -0.165. The van der Waals surface area contributed by atoms with E-state index in [1.54, 1.807) is 14.2 Å². The van der Waals surface area contributed by atoms with E-state index in [-0.39, 0.29) is 18.6 Å². The molecule has 1 N–H and O–H groups in total. The zero-order chi connectivity index (χ0) is 13.1. The average molecular weight is 250 g/mol. The van der Waals surface area contributed by atoms with Crippen LogP contribution in [0.2, 0.25) is 0 Å². The molecule has 1 fully saturated rings. The van der Waals surface area contributed by atoms with Crippen LogP contribution in [0.5, 0.6) is 11.5 Å². The maximum atomic E-state index is 9.40. The molecule has 0 amide bonds. The third-order valence-corrected chi connectivity index (χ3v) is 3.27. The highest BCUT2D eigenvalue weighted by Gasteiger charge is 2.32. The minimum absolute atomic E-state index is 0.0395. The van der Waals surface area contributed by atoms with Crippen molar-refractivity contribution >= 4 is 0 Å². The molecule has 2 atom stereocenters. The highest BCUT2D eigenvalue weighted by atomic mass is 16.5. The molecule has 2 rings (SSSR count). The first-order chi connectivity index (χ1) is 8.71. The molecule has 0 spiro atoms. The van der Waals surface area contributed by atoms with E-state index in [2.05, 4.69) is 6.58 Å². The lowest BCUT2D eigenvalue weighted by Gasteiger charge is -2.18. The average Bonchev–Trinajstić information content (AvgIpc) is 2.78. The van der Waals surface area contributed by atoms with Gasteiger partial charge in [-0.15, -0.1) is 0 Å². The van der Waals surface area contributed by atoms with Crippen molar-refractivity contribution in [3.63, 3.8) is 0 Å². The first-order valence-corrected chi connectivity index (χ1v) is 5.83. The van der Waals surface area contributed by atoms with E-state index in [9.17, 15) is 5.11 Å². The molecule has 1 saturated heterocycles. The van der Waals surface area contributed by atoms with Gasteiger partial charge in [-0.1, -0.05) is 12.6 Å². The fourth-order valence-corrected chi connectivity index (χ4v) is 2.22. The maximum absolute atomic E-state index is 9.40. The van der Waals surface area contributed by atoms with Crippen molar-refractivity contribution in [2.75, 3.05) is 27.4 Å². The lowest BCUT2D eigenvalue weighted by atomic mass is 9.93. The lowest BCUT2D eigenvalue weighted by Crippen LogP contribution is -2.12. The number of aliphatic hydroxyl groups is 1. The molecule has 0 bridgehead atoms. The molecule has 4 heteroatoms. The molecule has 1 aromatic rings. The molecule has 0 aliphatic carbocycles. The summed E-state index contributed by atoms with van der Waals surface area (Å²) in [5.74, 6) is 1.29. The first-order valence-electron chi connectivity index (χ1n) is 5.83. The van der Waals surface area contributed by atoms with E-state index < -0.39 is 0 Å². The summed E-state index contributed by atoms with van der Waals surface area (Å²) >= 11 is 0. The molecule has 0 radical (unpaired) electrons. The molecule has 1 aliphatic rings. The van der Waals surface area contributed by atoms with Gasteiger partial charge in [-0.25, -0.2) is 0 Å². The summed E-state index contributed by atoms with van der Waals surface area (Å²) in [5.41, 5.74) is 1.89. The Balaban J connectivity index is 2.31. The van der Waals surface area contributed by atoms with Crippen molar-refractivity contribution in [2.45, 2.75) is 6.10 Å². The Morgan fingerprint density at radius 1 is 1.33 bits per heavy atom. The van der Waals surface area contributed by atoms with Gasteiger partial charge in [0.05, 0.1) is 33.5 Å². The number of aliphatic hydroxyl groups excluding tert-OH is 1. The number of hydrogen-bond acceptors (Lipinski definition) is 4. The normalized spacial score (nSPS) is 23.2. The highest BCUT2D eigenvalue weighted by Crippen LogP contribution is 2.39. The molecule has 18 heavy (non-hydrogen) atoms. The van der Waals surface area contributed by atoms with Crippen LogP contribution < -0.4 is 9.47 Å². The number of ether oxygens (including phenoxy) is 3. The van der Waals surface area contributed by atoms with Crippen molar-refractivity contribution < 1.29 is 19.3 Å². The molecule has 98 valence electrons. The van der Waals surface area contributed by atoms with Crippen LogP contribution in [-0.2, 0) is 4.74 Å². The largest absolute Gasteiger partial charge is 0.493 e. The summed E-state index contributed by atoms with van der Waals surface area (Å²) in [4.78, 5) is 0. The summed E-state index contributed by atoms with van der Waals surface area (Å²) in [6, 6.07) is 5.64. The van der Waals surface area contributed by atoms with E-state index in [4.69, 9.17) is 14.2 Å². The third-order valence-electron chi connectivity index (χ3n) is 3.27. The molecule has 2 unspecified atom stereocenters. The lowest BCUT2D eigenvalue weighted by molar-refractivity contribution is 0.0719. The Morgan fingerprint density at radius 2 is 2.06 bits per heavy atom. The van der Waals surface area contributed by atoms with E-state index >= 15 is 0 Å². The quantitative estimate of drug-likeness (QED) is 0.830. The number of methoxy groups -OCH3 is 2. The molecule has 0 saturated carbocycles. The second-order valence-corrected chi connectivity index (χ2v) is 4.29. The van der Waals surface area contributed by atoms with Gasteiger partial charge in [-0.3, -0.25) is 0 Å². The van der Waals surface area contributed by atoms with Crippen molar-refractivity contribution in [1.29, 1.82) is 0 Å². The zero-order valence-corrected chi connectivity index (χ0v) is 10.7. The van der Waals surface area contributed by atoms with Crippen LogP contribution in [0.25, 0.3) is 0 Å². The van der Waals surface area contributed by atoms with Gasteiger partial charge in [0.15, 0.2) is 11.5 Å². The Hall–Kier alpha value is -1.52. The summed E-state index contributed by atoms with van der Waals surface area (Å²) in [6.45, 7) is 4.45. The van der Waals surface area contributed by atoms with E-state index in [0.717, 1.165) is 11.1 Å². The van der Waals surface area contributed by atoms with Gasteiger partial charge in [-0.2, -0.15) is 0 Å². The Labute approximate surface area is 107 Å². The van der Waals surface area contributed by atoms with E-state index in [1.165, 1.54) is 0 Å². The number of benzene rings is 1. The molecular formula is C14H18O4. The highest BCUT2D eigenvalue weighted by molar-refractivity contribution is 5.44. The molecule has 4 nitrogen and oxygen atoms in total. The Bertz CT molecular complexity index is 441. The Kier molecular flexibility index (Phi) is 3.89. The predicted octanol–water partition coefficient (Wildman–Crippen LogP) is 1.94. The number of hydrogen-bond donors (Lipinski definition) is 1. The Morgan fingerprint density at radius 3 is 2.67 bits per heavy atom. The van der Waals surface area contributed by atoms with Crippen molar-refractivity contribution in [3.8, 4) is 11.5 Å². The fraction of sp³-hybridized carbons (Fsp3) is 0.429. The van der Waals surface area contributed by atoms with Gasteiger partial charge in [0.1, 0.15) is 0 Å². The van der Waals surface area contributed by atoms with Gasteiger partial charge >= 0.3 is 0 Å². The SMILES string of the molecule is C=C1COC(c2ccc(OC)c(OC)c2)C1CO. The standard InChI is InChI=1S/C14H18O4/c1-9-8-18-14(11(9)7-15)10-4-5-12(16-2)13(6-10)17-3/h4-6,11,14-15H,1,7-8H2,2-3H3. The predicted molar refractivity (Wildman–Crippen MR) is 68.0 cm³/mol. The van der Waals surface area contributed by atoms with Gasteiger partial charge in [0.25, 0.3) is 0 Å². The van der Waals surface area contributed by atoms with Crippen molar-refractivity contribution in [2.24, 2.45) is 5.92 Å². The summed E-state index contributed by atoms with van der Waals surface area (Å²) < 4.78 is 16.1. The minimum atomic E-state index is -0.165. The van der Waals surface area contributed by atoms with Crippen LogP contribution >= 0.6 is 0 Å². The topological polar surface area (TPSA) is 47.9 Å². The third kappa shape index (κ3) is 2.21. The van der Waals surface area contributed by atoms with Crippen LogP contribution in [0.3, 0.4) is 0 Å². The minimum Gasteiger partial charge on any atom is -0.493 e. The monoisotopic (exact) mass is 250 g/mol. The van der Waals surface area contributed by atoms with Crippen LogP contribution in [0.4, 0.5) is 0 Å². The number of rotatable bonds is 4. The van der Waals surface area contributed by atoms with Crippen LogP contribution in [0, 0.1) is 5.92 Å². The van der Waals surface area contributed by atoms with Gasteiger partial charge < -0.3 is 19.3 Å². The summed E-state index contributed by atoms with van der Waals surface area (Å²) in [7, 11) is 3.20. The van der Waals surface area contributed by atoms with Crippen LogP contribution in [0.15, 0.2) is 30.4 Å². The maximum Gasteiger partial charge on any atom is 0.161 e. The van der Waals surface area contributed by atoms with Crippen molar-refractivity contribution in [1.82, 2.24) is 0 Å². The second kappa shape index (κ2) is 5.42. The van der Waals surface area contributed by atoms with E-state index in [1.807, 2.05) is 18.2 Å². The molecule has 1 aliphatic heterocycles.